The zero-order chi connectivity index (χ0) is 24.7. The molecule has 35 heavy (non-hydrogen) atoms. The molecule has 0 spiro atoms. The molecule has 2 N–H and O–H groups in total. The van der Waals surface area contributed by atoms with Crippen molar-refractivity contribution in [3.8, 4) is 22.7 Å². The molecule has 4 heterocycles. The highest BCUT2D eigenvalue weighted by Crippen LogP contribution is 2.37. The molecule has 5 rings (SSSR count). The molecule has 4 aromatic heterocycles. The molecule has 0 fully saturated rings. The average molecular weight is 480 g/mol. The van der Waals surface area contributed by atoms with Crippen molar-refractivity contribution in [2.75, 3.05) is 12.8 Å². The number of benzene rings is 1. The summed E-state index contributed by atoms with van der Waals surface area (Å²) >= 11 is 0. The quantitative estimate of drug-likeness (QED) is 0.390. The number of aromatic nitrogens is 7. The zero-order valence-electron chi connectivity index (χ0n) is 18.7. The van der Waals surface area contributed by atoms with Crippen LogP contribution in [0.2, 0.25) is 0 Å². The van der Waals surface area contributed by atoms with Crippen LogP contribution < -0.4 is 10.5 Å². The molecule has 0 saturated carbocycles. The van der Waals surface area contributed by atoms with Gasteiger partial charge in [-0.1, -0.05) is 12.1 Å². The van der Waals surface area contributed by atoms with Crippen molar-refractivity contribution >= 4 is 16.9 Å². The molecular weight excluding hydrogens is 461 g/mol. The molecule has 0 amide bonds. The number of fused-ring (bicyclic) bond motifs is 1. The van der Waals surface area contributed by atoms with Crippen molar-refractivity contribution in [1.82, 2.24) is 34.5 Å². The van der Waals surface area contributed by atoms with E-state index in [1.807, 2.05) is 11.5 Å². The van der Waals surface area contributed by atoms with Gasteiger partial charge in [-0.25, -0.2) is 32.8 Å². The molecule has 0 aliphatic rings. The van der Waals surface area contributed by atoms with Gasteiger partial charge in [0.25, 0.3) is 0 Å². The third kappa shape index (κ3) is 3.82. The Hall–Kier alpha value is -4.48. The first kappa shape index (κ1) is 22.3. The lowest BCUT2D eigenvalue weighted by Crippen LogP contribution is -2.10. The molecule has 0 bridgehead atoms. The predicted octanol–water partition coefficient (Wildman–Crippen LogP) is 4.08. The standard InChI is InChI=1S/C23H19F3N8O/c1-3-18(17-10-34(32-31-17)19-5-4-13(24)7-15(19)25)33-9-14(20-21(27)29-11-30-22(20)33)12-6-16(26)23(35-2)28-8-12/h4-11,18H,3H2,1-2H3,(H2,27,29,30)/t18-/m0/s1. The van der Waals surface area contributed by atoms with Crippen LogP contribution >= 0.6 is 0 Å². The molecular formula is C23H19F3N8O. The van der Waals surface area contributed by atoms with Crippen LogP contribution in [0.1, 0.15) is 25.1 Å². The summed E-state index contributed by atoms with van der Waals surface area (Å²) in [5.41, 5.74) is 8.28. The molecule has 0 aliphatic heterocycles. The lowest BCUT2D eigenvalue weighted by Gasteiger charge is -2.15. The molecule has 12 heteroatoms. The fourth-order valence-electron chi connectivity index (χ4n) is 4.05. The van der Waals surface area contributed by atoms with E-state index in [2.05, 4.69) is 25.3 Å². The zero-order valence-corrected chi connectivity index (χ0v) is 18.7. The number of methoxy groups -OCH3 is 1. The molecule has 0 radical (unpaired) electrons. The van der Waals surface area contributed by atoms with E-state index >= 15 is 0 Å². The Morgan fingerprint density at radius 2 is 1.89 bits per heavy atom. The van der Waals surface area contributed by atoms with E-state index in [4.69, 9.17) is 10.5 Å². The smallest absolute Gasteiger partial charge is 0.250 e. The van der Waals surface area contributed by atoms with Crippen molar-refractivity contribution < 1.29 is 17.9 Å². The van der Waals surface area contributed by atoms with Crippen LogP contribution in [0, 0.1) is 17.5 Å². The number of pyridine rings is 1. The van der Waals surface area contributed by atoms with Gasteiger partial charge in [0.2, 0.25) is 5.88 Å². The second-order valence-electron chi connectivity index (χ2n) is 7.73. The Kier molecular flexibility index (Phi) is 5.55. The first-order chi connectivity index (χ1) is 16.9. The lowest BCUT2D eigenvalue weighted by molar-refractivity contribution is 0.369. The van der Waals surface area contributed by atoms with E-state index in [1.54, 1.807) is 12.4 Å². The van der Waals surface area contributed by atoms with Gasteiger partial charge < -0.3 is 15.0 Å². The maximum absolute atomic E-state index is 14.4. The first-order valence-corrected chi connectivity index (χ1v) is 10.6. The number of hydrogen-bond acceptors (Lipinski definition) is 7. The normalized spacial score (nSPS) is 12.3. The van der Waals surface area contributed by atoms with Gasteiger partial charge in [0.15, 0.2) is 11.6 Å². The van der Waals surface area contributed by atoms with Gasteiger partial charge in [0.05, 0.1) is 24.7 Å². The highest BCUT2D eigenvalue weighted by Gasteiger charge is 2.24. The molecule has 178 valence electrons. The third-order valence-corrected chi connectivity index (χ3v) is 5.68. The summed E-state index contributed by atoms with van der Waals surface area (Å²) in [6.07, 6.45) is 6.71. The number of rotatable bonds is 6. The van der Waals surface area contributed by atoms with E-state index in [-0.39, 0.29) is 23.4 Å². The molecule has 1 atom stereocenters. The Morgan fingerprint density at radius 1 is 1.06 bits per heavy atom. The summed E-state index contributed by atoms with van der Waals surface area (Å²) in [6, 6.07) is 4.12. The summed E-state index contributed by atoms with van der Waals surface area (Å²) < 4.78 is 50.0. The Labute approximate surface area is 197 Å². The fourth-order valence-corrected chi connectivity index (χ4v) is 4.05. The summed E-state index contributed by atoms with van der Waals surface area (Å²) in [5, 5.41) is 8.77. The van der Waals surface area contributed by atoms with Crippen LogP contribution in [0.4, 0.5) is 19.0 Å². The highest BCUT2D eigenvalue weighted by atomic mass is 19.1. The van der Waals surface area contributed by atoms with Crippen LogP contribution in [0.5, 0.6) is 5.88 Å². The topological polar surface area (TPSA) is 110 Å². The SMILES string of the molecule is CC[C@@H](c1cn(-c2ccc(F)cc2F)nn1)n1cc(-c2cnc(OC)c(F)c2)c2c(N)ncnc21. The number of ether oxygens (including phenoxy) is 1. The van der Waals surface area contributed by atoms with Crippen LogP contribution in [0.15, 0.2) is 49.2 Å². The number of anilines is 1. The van der Waals surface area contributed by atoms with E-state index < -0.39 is 17.5 Å². The summed E-state index contributed by atoms with van der Waals surface area (Å²) in [4.78, 5) is 12.5. The summed E-state index contributed by atoms with van der Waals surface area (Å²) in [7, 11) is 1.33. The van der Waals surface area contributed by atoms with Crippen LogP contribution in [0.3, 0.4) is 0 Å². The van der Waals surface area contributed by atoms with Crippen LogP contribution in [-0.4, -0.2) is 41.6 Å². The van der Waals surface area contributed by atoms with Crippen molar-refractivity contribution in [1.29, 1.82) is 0 Å². The molecule has 1 aromatic carbocycles. The number of nitrogen functional groups attached to an aromatic ring is 1. The van der Waals surface area contributed by atoms with Gasteiger partial charge >= 0.3 is 0 Å². The Bertz CT molecular complexity index is 1550. The van der Waals surface area contributed by atoms with E-state index in [0.29, 0.717) is 34.3 Å². The van der Waals surface area contributed by atoms with Gasteiger partial charge in [0.1, 0.15) is 35.0 Å². The van der Waals surface area contributed by atoms with Gasteiger partial charge in [-0.05, 0) is 24.6 Å². The van der Waals surface area contributed by atoms with Crippen molar-refractivity contribution in [3.05, 3.63) is 72.3 Å². The number of halogens is 3. The molecule has 5 aromatic rings. The van der Waals surface area contributed by atoms with E-state index in [0.717, 1.165) is 12.1 Å². The predicted molar refractivity (Wildman–Crippen MR) is 121 cm³/mol. The summed E-state index contributed by atoms with van der Waals surface area (Å²) in [6.45, 7) is 1.94. The number of nitrogens with two attached hydrogens (primary N) is 1. The fraction of sp³-hybridized carbons (Fsp3) is 0.174. The van der Waals surface area contributed by atoms with Crippen LogP contribution in [-0.2, 0) is 0 Å². The maximum atomic E-state index is 14.4. The minimum atomic E-state index is -0.766. The molecule has 9 nitrogen and oxygen atoms in total. The number of hydrogen-bond donors (Lipinski definition) is 1. The average Bonchev–Trinajstić information content (AvgIpc) is 3.46. The minimum Gasteiger partial charge on any atom is -0.479 e. The van der Waals surface area contributed by atoms with Gasteiger partial charge in [-0.3, -0.25) is 0 Å². The summed E-state index contributed by atoms with van der Waals surface area (Å²) in [5.74, 6) is -1.99. The second-order valence-corrected chi connectivity index (χ2v) is 7.73. The lowest BCUT2D eigenvalue weighted by atomic mass is 10.1. The monoisotopic (exact) mass is 480 g/mol. The van der Waals surface area contributed by atoms with Gasteiger partial charge in [0, 0.05) is 29.6 Å². The van der Waals surface area contributed by atoms with Crippen molar-refractivity contribution in [3.63, 3.8) is 0 Å². The largest absolute Gasteiger partial charge is 0.479 e. The van der Waals surface area contributed by atoms with Gasteiger partial charge in [-0.2, -0.15) is 0 Å². The second kappa shape index (κ2) is 8.70. The maximum Gasteiger partial charge on any atom is 0.250 e. The van der Waals surface area contributed by atoms with Crippen LogP contribution in [0.25, 0.3) is 27.8 Å². The van der Waals surface area contributed by atoms with Crippen molar-refractivity contribution in [2.45, 2.75) is 19.4 Å². The van der Waals surface area contributed by atoms with E-state index in [9.17, 15) is 13.2 Å². The first-order valence-electron chi connectivity index (χ1n) is 10.6. The Balaban J connectivity index is 1.63. The molecule has 0 saturated heterocycles. The van der Waals surface area contributed by atoms with E-state index in [1.165, 1.54) is 36.4 Å². The van der Waals surface area contributed by atoms with Gasteiger partial charge in [-0.15, -0.1) is 5.10 Å². The minimum absolute atomic E-state index is 0.0596. The number of nitrogens with zero attached hydrogens (tertiary/aromatic N) is 7. The highest BCUT2D eigenvalue weighted by molar-refractivity contribution is 6.00. The Morgan fingerprint density at radius 3 is 2.60 bits per heavy atom. The molecule has 0 aliphatic carbocycles. The van der Waals surface area contributed by atoms with Crippen molar-refractivity contribution in [2.24, 2.45) is 0 Å². The molecule has 0 unspecified atom stereocenters. The third-order valence-electron chi connectivity index (χ3n) is 5.68.